The fourth-order valence-corrected chi connectivity index (χ4v) is 5.73. The van der Waals surface area contributed by atoms with Crippen LogP contribution in [-0.4, -0.2) is 38.4 Å². The summed E-state index contributed by atoms with van der Waals surface area (Å²) in [7, 11) is -3.97. The van der Waals surface area contributed by atoms with Gasteiger partial charge in [0.15, 0.2) is 0 Å². The van der Waals surface area contributed by atoms with Crippen molar-refractivity contribution in [2.75, 3.05) is 24.0 Å². The molecule has 0 fully saturated rings. The third kappa shape index (κ3) is 6.21. The molecule has 1 aliphatic heterocycles. The number of fused-ring (bicyclic) bond motifs is 1. The number of ether oxygens (including phenoxy) is 2. The Kier molecular flexibility index (Phi) is 8.05. The molecule has 0 saturated carbocycles. The number of carbonyl (C=O) groups excluding carboxylic acids is 1. The van der Waals surface area contributed by atoms with Crippen molar-refractivity contribution in [3.63, 3.8) is 0 Å². The third-order valence-corrected chi connectivity index (χ3v) is 7.66. The van der Waals surface area contributed by atoms with Crippen molar-refractivity contribution in [1.29, 1.82) is 0 Å². The van der Waals surface area contributed by atoms with Gasteiger partial charge in [0, 0.05) is 13.1 Å². The lowest BCUT2D eigenvalue weighted by Gasteiger charge is -2.34. The number of carbonyl (C=O) groups is 1. The summed E-state index contributed by atoms with van der Waals surface area (Å²) in [6.45, 7) is 2.38. The number of aryl methyl sites for hydroxylation is 1. The van der Waals surface area contributed by atoms with Gasteiger partial charge < -0.3 is 9.47 Å². The van der Waals surface area contributed by atoms with Crippen LogP contribution in [0.3, 0.4) is 0 Å². The van der Waals surface area contributed by atoms with Crippen molar-refractivity contribution in [3.8, 4) is 5.75 Å². The normalized spacial score (nSPS) is 13.4. The Bertz CT molecular complexity index is 1230. The van der Waals surface area contributed by atoms with E-state index in [-0.39, 0.29) is 19.7 Å². The highest BCUT2D eigenvalue weighted by Crippen LogP contribution is 2.31. The van der Waals surface area contributed by atoms with E-state index in [4.69, 9.17) is 9.47 Å². The van der Waals surface area contributed by atoms with Gasteiger partial charge in [-0.05, 0) is 54.7 Å². The largest absolute Gasteiger partial charge is 0.489 e. The summed E-state index contributed by atoms with van der Waals surface area (Å²) in [5.74, 6) is 0.103. The van der Waals surface area contributed by atoms with Crippen LogP contribution in [0.1, 0.15) is 30.0 Å². The summed E-state index contributed by atoms with van der Waals surface area (Å²) >= 11 is 0. The Hall–Kier alpha value is -3.36. The van der Waals surface area contributed by atoms with E-state index >= 15 is 0 Å². The highest BCUT2D eigenvalue weighted by atomic mass is 32.2. The van der Waals surface area contributed by atoms with Crippen molar-refractivity contribution in [2.24, 2.45) is 0 Å². The third-order valence-electron chi connectivity index (χ3n) is 5.81. The highest BCUT2D eigenvalue weighted by molar-refractivity contribution is 7.90. The number of rotatable bonds is 10. The first-order valence-corrected chi connectivity index (χ1v) is 13.1. The van der Waals surface area contributed by atoms with Gasteiger partial charge in [-0.3, -0.25) is 9.10 Å². The minimum atomic E-state index is -3.97. The van der Waals surface area contributed by atoms with Crippen molar-refractivity contribution in [3.05, 3.63) is 95.6 Å². The van der Waals surface area contributed by atoms with Crippen molar-refractivity contribution < 1.29 is 22.7 Å². The molecule has 0 amide bonds. The minimum Gasteiger partial charge on any atom is -0.489 e. The number of benzene rings is 3. The fourth-order valence-electron chi connectivity index (χ4n) is 4.08. The molecule has 1 aliphatic rings. The van der Waals surface area contributed by atoms with Gasteiger partial charge in [0.05, 0.1) is 12.3 Å². The van der Waals surface area contributed by atoms with Crippen LogP contribution in [-0.2, 0) is 39.3 Å². The van der Waals surface area contributed by atoms with Crippen LogP contribution in [0.5, 0.6) is 5.75 Å². The molecule has 0 unspecified atom stereocenters. The van der Waals surface area contributed by atoms with Crippen LogP contribution in [0, 0.1) is 0 Å². The van der Waals surface area contributed by atoms with Crippen LogP contribution in [0.2, 0.25) is 0 Å². The molecule has 7 nitrogen and oxygen atoms in total. The Morgan fingerprint density at radius 3 is 2.40 bits per heavy atom. The van der Waals surface area contributed by atoms with Gasteiger partial charge in [-0.1, -0.05) is 60.7 Å². The average molecular weight is 495 g/mol. The van der Waals surface area contributed by atoms with E-state index in [0.717, 1.165) is 29.5 Å². The Balaban J connectivity index is 1.52. The molecule has 0 N–H and O–H groups in total. The molecule has 35 heavy (non-hydrogen) atoms. The van der Waals surface area contributed by atoms with Crippen molar-refractivity contribution >= 4 is 21.9 Å². The van der Waals surface area contributed by atoms with E-state index in [0.29, 0.717) is 24.6 Å². The summed E-state index contributed by atoms with van der Waals surface area (Å²) in [5, 5.41) is 0. The minimum absolute atomic E-state index is 0.0405. The summed E-state index contributed by atoms with van der Waals surface area (Å²) in [6.07, 6.45) is 1.54. The van der Waals surface area contributed by atoms with Crippen LogP contribution >= 0.6 is 0 Å². The maximum atomic E-state index is 13.7. The number of esters is 1. The van der Waals surface area contributed by atoms with Gasteiger partial charge in [0.2, 0.25) is 0 Å². The first-order valence-electron chi connectivity index (χ1n) is 11.7. The topological polar surface area (TPSA) is 76.1 Å². The molecule has 4 rings (SSSR count). The van der Waals surface area contributed by atoms with E-state index < -0.39 is 16.2 Å². The second kappa shape index (κ2) is 11.4. The van der Waals surface area contributed by atoms with Crippen LogP contribution < -0.4 is 9.04 Å². The zero-order valence-electron chi connectivity index (χ0n) is 19.8. The van der Waals surface area contributed by atoms with Crippen LogP contribution in [0.15, 0.2) is 78.9 Å². The lowest BCUT2D eigenvalue weighted by Crippen LogP contribution is -2.47. The monoisotopic (exact) mass is 494 g/mol. The summed E-state index contributed by atoms with van der Waals surface area (Å²) < 4.78 is 41.0. The number of para-hydroxylation sites is 1. The smallest absolute Gasteiger partial charge is 0.321 e. The fraction of sp³-hybridized carbons (Fsp3) is 0.296. The Morgan fingerprint density at radius 1 is 0.943 bits per heavy atom. The van der Waals surface area contributed by atoms with Gasteiger partial charge in [-0.15, -0.1) is 0 Å². The van der Waals surface area contributed by atoms with Gasteiger partial charge in [-0.25, -0.2) is 0 Å². The standard InChI is InChI=1S/C27H30N2O5S/c1-2-33-27(30)20-28(35(31,32)29-18-8-12-24-11-6-7-13-26(24)29)19-22-14-16-25(17-15-22)34-21-23-9-4-3-5-10-23/h3-7,9-11,13-17H,2,8,12,18-21H2,1H3. The first kappa shape index (κ1) is 24.8. The predicted molar refractivity (Wildman–Crippen MR) is 135 cm³/mol. The van der Waals surface area contributed by atoms with Crippen LogP contribution in [0.25, 0.3) is 0 Å². The first-order chi connectivity index (χ1) is 17.0. The van der Waals surface area contributed by atoms with Gasteiger partial charge in [0.1, 0.15) is 18.9 Å². The lowest BCUT2D eigenvalue weighted by molar-refractivity contribution is -0.143. The second-order valence-corrected chi connectivity index (χ2v) is 10.2. The van der Waals surface area contributed by atoms with Gasteiger partial charge in [-0.2, -0.15) is 12.7 Å². The van der Waals surface area contributed by atoms with Crippen molar-refractivity contribution in [2.45, 2.75) is 32.9 Å². The van der Waals surface area contributed by atoms with E-state index in [1.165, 1.54) is 8.61 Å². The molecule has 0 spiro atoms. The SMILES string of the molecule is CCOC(=O)CN(Cc1ccc(OCc2ccccc2)cc1)S(=O)(=O)N1CCCc2ccccc21. The second-order valence-electron chi connectivity index (χ2n) is 8.30. The summed E-state index contributed by atoms with van der Waals surface area (Å²) in [5.41, 5.74) is 3.45. The highest BCUT2D eigenvalue weighted by Gasteiger charge is 2.34. The zero-order valence-corrected chi connectivity index (χ0v) is 20.6. The molecular formula is C27H30N2O5S. The molecule has 184 valence electrons. The summed E-state index contributed by atoms with van der Waals surface area (Å²) in [4.78, 5) is 12.3. The summed E-state index contributed by atoms with van der Waals surface area (Å²) in [6, 6.07) is 24.6. The number of hydrogen-bond acceptors (Lipinski definition) is 5. The predicted octanol–water partition coefficient (Wildman–Crippen LogP) is 4.33. The van der Waals surface area contributed by atoms with E-state index in [2.05, 4.69) is 0 Å². The van der Waals surface area contributed by atoms with Gasteiger partial charge in [0.25, 0.3) is 0 Å². The lowest BCUT2D eigenvalue weighted by atomic mass is 10.0. The molecule has 0 atom stereocenters. The Morgan fingerprint density at radius 2 is 1.66 bits per heavy atom. The number of nitrogens with zero attached hydrogens (tertiary/aromatic N) is 2. The molecule has 0 radical (unpaired) electrons. The molecule has 0 saturated heterocycles. The quantitative estimate of drug-likeness (QED) is 0.392. The molecular weight excluding hydrogens is 464 g/mol. The van der Waals surface area contributed by atoms with Gasteiger partial charge >= 0.3 is 16.2 Å². The molecule has 3 aromatic carbocycles. The molecule has 3 aromatic rings. The number of hydrogen-bond donors (Lipinski definition) is 0. The molecule has 0 aliphatic carbocycles. The van der Waals surface area contributed by atoms with Crippen molar-refractivity contribution in [1.82, 2.24) is 4.31 Å². The maximum Gasteiger partial charge on any atom is 0.321 e. The molecule has 1 heterocycles. The maximum absolute atomic E-state index is 13.7. The van der Waals surface area contributed by atoms with E-state index in [1.807, 2.05) is 78.9 Å². The van der Waals surface area contributed by atoms with E-state index in [1.54, 1.807) is 6.92 Å². The van der Waals surface area contributed by atoms with E-state index in [9.17, 15) is 13.2 Å². The number of anilines is 1. The van der Waals surface area contributed by atoms with Crippen LogP contribution in [0.4, 0.5) is 5.69 Å². The average Bonchev–Trinajstić information content (AvgIpc) is 2.88. The Labute approximate surface area is 207 Å². The molecule has 0 bridgehead atoms. The molecule has 0 aromatic heterocycles. The molecule has 8 heteroatoms. The zero-order chi connectivity index (χ0) is 24.7.